The maximum atomic E-state index is 5.70. The highest BCUT2D eigenvalue weighted by Crippen LogP contribution is 2.31. The first-order valence-corrected chi connectivity index (χ1v) is 7.38. The lowest BCUT2D eigenvalue weighted by atomic mass is 9.79. The van der Waals surface area contributed by atoms with E-state index in [0.29, 0.717) is 12.1 Å². The first kappa shape index (κ1) is 13.7. The summed E-state index contributed by atoms with van der Waals surface area (Å²) in [5, 5.41) is 3.74. The quantitative estimate of drug-likeness (QED) is 0.852. The second kappa shape index (κ2) is 5.92. The van der Waals surface area contributed by atoms with Crippen LogP contribution in [0.3, 0.4) is 0 Å². The van der Waals surface area contributed by atoms with Crippen LogP contribution in [0.1, 0.15) is 64.0 Å². The summed E-state index contributed by atoms with van der Waals surface area (Å²) in [7, 11) is 0. The molecule has 3 unspecified atom stereocenters. The Labute approximate surface area is 111 Å². The van der Waals surface area contributed by atoms with E-state index in [1.54, 1.807) is 0 Å². The first-order valence-electron chi connectivity index (χ1n) is 7.38. The van der Waals surface area contributed by atoms with Gasteiger partial charge in [-0.05, 0) is 50.7 Å². The van der Waals surface area contributed by atoms with E-state index in [0.717, 1.165) is 23.4 Å². The molecule has 2 nitrogen and oxygen atoms in total. The van der Waals surface area contributed by atoms with Gasteiger partial charge in [0.1, 0.15) is 11.5 Å². The predicted molar refractivity (Wildman–Crippen MR) is 75.6 cm³/mol. The molecule has 2 heteroatoms. The normalized spacial score (nSPS) is 26.5. The molecule has 1 saturated carbocycles. The van der Waals surface area contributed by atoms with E-state index < -0.39 is 0 Å². The van der Waals surface area contributed by atoms with Crippen molar-refractivity contribution in [3.63, 3.8) is 0 Å². The molecule has 18 heavy (non-hydrogen) atoms. The zero-order valence-electron chi connectivity index (χ0n) is 12.2. The zero-order valence-corrected chi connectivity index (χ0v) is 12.2. The van der Waals surface area contributed by atoms with Crippen LogP contribution in [0.15, 0.2) is 16.5 Å². The molecule has 1 N–H and O–H groups in total. The van der Waals surface area contributed by atoms with Gasteiger partial charge in [0.25, 0.3) is 0 Å². The molecule has 1 fully saturated rings. The standard InChI is InChI=1S/C16H27NO/c1-11(2)14-6-5-7-15(10-14)17-13(4)16-9-8-12(3)18-16/h8-9,11,13-15,17H,5-7,10H2,1-4H3. The van der Waals surface area contributed by atoms with Crippen molar-refractivity contribution < 1.29 is 4.42 Å². The molecule has 2 rings (SSSR count). The molecular formula is C16H27NO. The van der Waals surface area contributed by atoms with Crippen LogP contribution in [-0.2, 0) is 0 Å². The third kappa shape index (κ3) is 3.38. The molecule has 0 aromatic carbocycles. The average Bonchev–Trinajstić information content (AvgIpc) is 2.76. The van der Waals surface area contributed by atoms with E-state index in [2.05, 4.69) is 32.2 Å². The van der Waals surface area contributed by atoms with Crippen LogP contribution in [0.5, 0.6) is 0 Å². The van der Waals surface area contributed by atoms with E-state index in [9.17, 15) is 0 Å². The van der Waals surface area contributed by atoms with Gasteiger partial charge in [-0.1, -0.05) is 26.7 Å². The number of furan rings is 1. The number of rotatable bonds is 4. The van der Waals surface area contributed by atoms with Crippen LogP contribution in [0, 0.1) is 18.8 Å². The summed E-state index contributed by atoms with van der Waals surface area (Å²) >= 11 is 0. The van der Waals surface area contributed by atoms with Gasteiger partial charge < -0.3 is 9.73 Å². The summed E-state index contributed by atoms with van der Waals surface area (Å²) < 4.78 is 5.70. The van der Waals surface area contributed by atoms with E-state index in [4.69, 9.17) is 4.42 Å². The van der Waals surface area contributed by atoms with Crippen molar-refractivity contribution in [3.05, 3.63) is 23.7 Å². The molecule has 0 spiro atoms. The van der Waals surface area contributed by atoms with Gasteiger partial charge >= 0.3 is 0 Å². The van der Waals surface area contributed by atoms with Gasteiger partial charge in [0, 0.05) is 6.04 Å². The van der Waals surface area contributed by atoms with Crippen molar-refractivity contribution in [2.24, 2.45) is 11.8 Å². The van der Waals surface area contributed by atoms with Crippen molar-refractivity contribution in [1.29, 1.82) is 0 Å². The summed E-state index contributed by atoms with van der Waals surface area (Å²) in [5.41, 5.74) is 0. The number of nitrogens with one attached hydrogen (secondary N) is 1. The molecule has 3 atom stereocenters. The highest BCUT2D eigenvalue weighted by Gasteiger charge is 2.25. The van der Waals surface area contributed by atoms with Crippen molar-refractivity contribution >= 4 is 0 Å². The summed E-state index contributed by atoms with van der Waals surface area (Å²) in [4.78, 5) is 0. The monoisotopic (exact) mass is 249 g/mol. The van der Waals surface area contributed by atoms with Crippen LogP contribution < -0.4 is 5.32 Å². The van der Waals surface area contributed by atoms with Gasteiger partial charge in [-0.2, -0.15) is 0 Å². The van der Waals surface area contributed by atoms with Crippen LogP contribution in [0.2, 0.25) is 0 Å². The van der Waals surface area contributed by atoms with Gasteiger partial charge in [-0.25, -0.2) is 0 Å². The summed E-state index contributed by atoms with van der Waals surface area (Å²) in [6, 6.07) is 5.13. The average molecular weight is 249 g/mol. The maximum Gasteiger partial charge on any atom is 0.120 e. The fourth-order valence-corrected chi connectivity index (χ4v) is 3.11. The van der Waals surface area contributed by atoms with E-state index >= 15 is 0 Å². The molecule has 1 aromatic rings. The molecule has 1 aliphatic rings. The Hall–Kier alpha value is -0.760. The lowest BCUT2D eigenvalue weighted by Gasteiger charge is -2.33. The lowest BCUT2D eigenvalue weighted by molar-refractivity contribution is 0.217. The minimum absolute atomic E-state index is 0.328. The Balaban J connectivity index is 1.89. The number of aryl methyl sites for hydroxylation is 1. The maximum absolute atomic E-state index is 5.70. The van der Waals surface area contributed by atoms with Crippen LogP contribution in [0.25, 0.3) is 0 Å². The Kier molecular flexibility index (Phi) is 4.50. The van der Waals surface area contributed by atoms with Crippen molar-refractivity contribution in [3.8, 4) is 0 Å². The van der Waals surface area contributed by atoms with Gasteiger partial charge in [0.2, 0.25) is 0 Å². The van der Waals surface area contributed by atoms with Crippen LogP contribution in [-0.4, -0.2) is 6.04 Å². The van der Waals surface area contributed by atoms with Gasteiger partial charge in [-0.3, -0.25) is 0 Å². The van der Waals surface area contributed by atoms with Crippen LogP contribution >= 0.6 is 0 Å². The molecule has 0 saturated heterocycles. The topological polar surface area (TPSA) is 25.2 Å². The third-order valence-electron chi connectivity index (χ3n) is 4.33. The van der Waals surface area contributed by atoms with E-state index in [1.165, 1.54) is 25.7 Å². The molecule has 1 aromatic heterocycles. The minimum atomic E-state index is 0.328. The SMILES string of the molecule is Cc1ccc(C(C)NC2CCCC(C(C)C)C2)o1. The van der Waals surface area contributed by atoms with Crippen molar-refractivity contribution in [1.82, 2.24) is 5.32 Å². The Bertz CT molecular complexity index is 369. The largest absolute Gasteiger partial charge is 0.465 e. The zero-order chi connectivity index (χ0) is 13.1. The first-order chi connectivity index (χ1) is 8.56. The van der Waals surface area contributed by atoms with E-state index in [-0.39, 0.29) is 0 Å². The Morgan fingerprint density at radius 2 is 2.00 bits per heavy atom. The molecule has 0 amide bonds. The Morgan fingerprint density at radius 3 is 2.61 bits per heavy atom. The lowest BCUT2D eigenvalue weighted by Crippen LogP contribution is -2.36. The Morgan fingerprint density at radius 1 is 1.22 bits per heavy atom. The molecule has 0 aliphatic heterocycles. The third-order valence-corrected chi connectivity index (χ3v) is 4.33. The fourth-order valence-electron chi connectivity index (χ4n) is 3.11. The highest BCUT2D eigenvalue weighted by molar-refractivity contribution is 5.09. The number of hydrogen-bond donors (Lipinski definition) is 1. The molecule has 0 bridgehead atoms. The van der Waals surface area contributed by atoms with Gasteiger partial charge in [0.05, 0.1) is 6.04 Å². The molecular weight excluding hydrogens is 222 g/mol. The summed E-state index contributed by atoms with van der Waals surface area (Å²) in [6.07, 6.45) is 5.41. The second-order valence-electron chi connectivity index (χ2n) is 6.20. The molecule has 1 aliphatic carbocycles. The van der Waals surface area contributed by atoms with Gasteiger partial charge in [-0.15, -0.1) is 0 Å². The second-order valence-corrected chi connectivity index (χ2v) is 6.20. The molecule has 102 valence electrons. The van der Waals surface area contributed by atoms with Crippen molar-refractivity contribution in [2.75, 3.05) is 0 Å². The summed E-state index contributed by atoms with van der Waals surface area (Å²) in [5.74, 6) is 3.78. The van der Waals surface area contributed by atoms with Gasteiger partial charge in [0.15, 0.2) is 0 Å². The smallest absolute Gasteiger partial charge is 0.120 e. The van der Waals surface area contributed by atoms with Crippen molar-refractivity contribution in [2.45, 2.75) is 65.5 Å². The minimum Gasteiger partial charge on any atom is -0.465 e. The number of hydrogen-bond acceptors (Lipinski definition) is 2. The molecule has 1 heterocycles. The summed E-state index contributed by atoms with van der Waals surface area (Å²) in [6.45, 7) is 8.92. The highest BCUT2D eigenvalue weighted by atomic mass is 16.3. The van der Waals surface area contributed by atoms with E-state index in [1.807, 2.05) is 13.0 Å². The predicted octanol–water partition coefficient (Wildman–Crippen LogP) is 4.45. The fraction of sp³-hybridized carbons (Fsp3) is 0.750. The molecule has 0 radical (unpaired) electrons. The van der Waals surface area contributed by atoms with Crippen LogP contribution in [0.4, 0.5) is 0 Å².